The van der Waals surface area contributed by atoms with E-state index < -0.39 is 23.1 Å². The minimum atomic E-state index is -0.918. The standard InChI is InChI=1S/C15H10F2N2O/c1-19(11-5-2-4-10(8-11)9-18)15(20)14-12(16)6-3-7-13(14)17/h2-8H,1H3. The summed E-state index contributed by atoms with van der Waals surface area (Å²) in [5.74, 6) is -2.65. The summed E-state index contributed by atoms with van der Waals surface area (Å²) < 4.78 is 27.2. The first-order valence-corrected chi connectivity index (χ1v) is 5.77. The van der Waals surface area contributed by atoms with Gasteiger partial charge in [0, 0.05) is 12.7 Å². The molecule has 5 heteroatoms. The number of nitriles is 1. The van der Waals surface area contributed by atoms with Crippen LogP contribution in [0.2, 0.25) is 0 Å². The van der Waals surface area contributed by atoms with Crippen LogP contribution in [0.3, 0.4) is 0 Å². The molecule has 0 spiro atoms. The highest BCUT2D eigenvalue weighted by atomic mass is 19.1. The molecule has 3 nitrogen and oxygen atoms in total. The lowest BCUT2D eigenvalue weighted by molar-refractivity contribution is 0.0985. The monoisotopic (exact) mass is 272 g/mol. The second kappa shape index (κ2) is 5.49. The van der Waals surface area contributed by atoms with Gasteiger partial charge in [0.1, 0.15) is 17.2 Å². The highest BCUT2D eigenvalue weighted by Crippen LogP contribution is 2.20. The maximum atomic E-state index is 13.6. The van der Waals surface area contributed by atoms with Gasteiger partial charge in [0.15, 0.2) is 0 Å². The molecule has 0 saturated heterocycles. The third-order valence-electron chi connectivity index (χ3n) is 2.84. The number of anilines is 1. The van der Waals surface area contributed by atoms with Crippen molar-refractivity contribution in [3.63, 3.8) is 0 Å². The van der Waals surface area contributed by atoms with Crippen molar-refractivity contribution in [3.8, 4) is 6.07 Å². The molecule has 2 rings (SSSR count). The number of carbonyl (C=O) groups is 1. The molecule has 0 aliphatic carbocycles. The van der Waals surface area contributed by atoms with Crippen LogP contribution in [0.4, 0.5) is 14.5 Å². The minimum Gasteiger partial charge on any atom is -0.311 e. The van der Waals surface area contributed by atoms with Crippen molar-refractivity contribution in [2.75, 3.05) is 11.9 Å². The van der Waals surface area contributed by atoms with E-state index in [1.807, 2.05) is 6.07 Å². The Morgan fingerprint density at radius 2 is 1.75 bits per heavy atom. The number of benzene rings is 2. The number of hydrogen-bond donors (Lipinski definition) is 0. The van der Waals surface area contributed by atoms with Crippen LogP contribution in [0.1, 0.15) is 15.9 Å². The summed E-state index contributed by atoms with van der Waals surface area (Å²) in [6.07, 6.45) is 0. The quantitative estimate of drug-likeness (QED) is 0.843. The highest BCUT2D eigenvalue weighted by Gasteiger charge is 2.21. The molecule has 0 fully saturated rings. The summed E-state index contributed by atoms with van der Waals surface area (Å²) >= 11 is 0. The third-order valence-corrected chi connectivity index (χ3v) is 2.84. The molecule has 1 amide bonds. The zero-order valence-electron chi connectivity index (χ0n) is 10.6. The Morgan fingerprint density at radius 1 is 1.15 bits per heavy atom. The zero-order chi connectivity index (χ0) is 14.7. The topological polar surface area (TPSA) is 44.1 Å². The lowest BCUT2D eigenvalue weighted by atomic mass is 10.1. The smallest absolute Gasteiger partial charge is 0.263 e. The van der Waals surface area contributed by atoms with Crippen LogP contribution in [-0.2, 0) is 0 Å². The fourth-order valence-corrected chi connectivity index (χ4v) is 1.77. The Bertz CT molecular complexity index is 687. The van der Waals surface area contributed by atoms with Gasteiger partial charge >= 0.3 is 0 Å². The zero-order valence-corrected chi connectivity index (χ0v) is 10.6. The van der Waals surface area contributed by atoms with Gasteiger partial charge < -0.3 is 4.90 Å². The average molecular weight is 272 g/mol. The number of hydrogen-bond acceptors (Lipinski definition) is 2. The minimum absolute atomic E-state index is 0.358. The van der Waals surface area contributed by atoms with E-state index in [-0.39, 0.29) is 0 Å². The predicted octanol–water partition coefficient (Wildman–Crippen LogP) is 3.11. The van der Waals surface area contributed by atoms with Crippen LogP contribution in [0.5, 0.6) is 0 Å². The first-order chi connectivity index (χ1) is 9.54. The molecule has 2 aromatic rings. The first kappa shape index (κ1) is 13.7. The van der Waals surface area contributed by atoms with Crippen LogP contribution in [-0.4, -0.2) is 13.0 Å². The Hall–Kier alpha value is -2.74. The summed E-state index contributed by atoms with van der Waals surface area (Å²) in [4.78, 5) is 13.2. The van der Waals surface area contributed by atoms with E-state index >= 15 is 0 Å². The van der Waals surface area contributed by atoms with Crippen molar-refractivity contribution in [2.45, 2.75) is 0 Å². The fraction of sp³-hybridized carbons (Fsp3) is 0.0667. The van der Waals surface area contributed by atoms with E-state index in [2.05, 4.69) is 0 Å². The molecule has 0 N–H and O–H groups in total. The van der Waals surface area contributed by atoms with Gasteiger partial charge in [0.2, 0.25) is 0 Å². The van der Waals surface area contributed by atoms with Gasteiger partial charge in [0.05, 0.1) is 11.6 Å². The molecule has 0 radical (unpaired) electrons. The highest BCUT2D eigenvalue weighted by molar-refractivity contribution is 6.06. The van der Waals surface area contributed by atoms with Gasteiger partial charge in [-0.05, 0) is 30.3 Å². The Labute approximate surface area is 114 Å². The summed E-state index contributed by atoms with van der Waals surface area (Å²) in [5, 5.41) is 8.81. The molecule has 0 heterocycles. The van der Waals surface area contributed by atoms with Crippen LogP contribution in [0, 0.1) is 23.0 Å². The molecule has 2 aromatic carbocycles. The van der Waals surface area contributed by atoms with Crippen LogP contribution in [0.15, 0.2) is 42.5 Å². The third kappa shape index (κ3) is 2.50. The van der Waals surface area contributed by atoms with Crippen molar-refractivity contribution in [3.05, 3.63) is 65.2 Å². The second-order valence-electron chi connectivity index (χ2n) is 4.12. The summed E-state index contributed by atoms with van der Waals surface area (Å²) in [7, 11) is 1.39. The Morgan fingerprint density at radius 3 is 2.35 bits per heavy atom. The van der Waals surface area contributed by atoms with Gasteiger partial charge in [-0.15, -0.1) is 0 Å². The molecule has 0 aromatic heterocycles. The van der Waals surface area contributed by atoms with Crippen molar-refractivity contribution in [1.82, 2.24) is 0 Å². The normalized spacial score (nSPS) is 9.90. The molecule has 100 valence electrons. The predicted molar refractivity (Wildman–Crippen MR) is 70.2 cm³/mol. The summed E-state index contributed by atoms with van der Waals surface area (Å²) in [6, 6.07) is 11.4. The fourth-order valence-electron chi connectivity index (χ4n) is 1.77. The van der Waals surface area contributed by atoms with E-state index in [0.717, 1.165) is 17.0 Å². The van der Waals surface area contributed by atoms with Gasteiger partial charge in [-0.25, -0.2) is 8.78 Å². The van der Waals surface area contributed by atoms with Crippen LogP contribution < -0.4 is 4.90 Å². The number of carbonyl (C=O) groups excluding carboxylic acids is 1. The number of nitrogens with zero attached hydrogens (tertiary/aromatic N) is 2. The molecule has 0 saturated carbocycles. The largest absolute Gasteiger partial charge is 0.311 e. The summed E-state index contributed by atoms with van der Waals surface area (Å²) in [5.41, 5.74) is 0.130. The molecular weight excluding hydrogens is 262 g/mol. The maximum absolute atomic E-state index is 13.6. The van der Waals surface area contributed by atoms with Crippen molar-refractivity contribution >= 4 is 11.6 Å². The van der Waals surface area contributed by atoms with Crippen molar-refractivity contribution in [2.24, 2.45) is 0 Å². The van der Waals surface area contributed by atoms with E-state index in [1.54, 1.807) is 18.2 Å². The second-order valence-corrected chi connectivity index (χ2v) is 4.12. The Balaban J connectivity index is 2.40. The molecule has 0 aliphatic heterocycles. The lowest BCUT2D eigenvalue weighted by Crippen LogP contribution is -2.28. The number of rotatable bonds is 2. The van der Waals surface area contributed by atoms with Crippen LogP contribution >= 0.6 is 0 Å². The maximum Gasteiger partial charge on any atom is 0.263 e. The van der Waals surface area contributed by atoms with Crippen LogP contribution in [0.25, 0.3) is 0 Å². The van der Waals surface area contributed by atoms with Crippen molar-refractivity contribution in [1.29, 1.82) is 5.26 Å². The van der Waals surface area contributed by atoms with Gasteiger partial charge in [-0.1, -0.05) is 12.1 Å². The van der Waals surface area contributed by atoms with Gasteiger partial charge in [-0.3, -0.25) is 4.79 Å². The molecule has 20 heavy (non-hydrogen) atoms. The molecule has 0 aliphatic rings. The Kier molecular flexibility index (Phi) is 3.76. The van der Waals surface area contributed by atoms with Gasteiger partial charge in [0.25, 0.3) is 5.91 Å². The molecule has 0 bridgehead atoms. The van der Waals surface area contributed by atoms with E-state index in [4.69, 9.17) is 5.26 Å². The van der Waals surface area contributed by atoms with Gasteiger partial charge in [-0.2, -0.15) is 5.26 Å². The average Bonchev–Trinajstić information content (AvgIpc) is 2.46. The van der Waals surface area contributed by atoms with E-state index in [1.165, 1.54) is 19.2 Å². The lowest BCUT2D eigenvalue weighted by Gasteiger charge is -2.18. The number of amides is 1. The SMILES string of the molecule is CN(C(=O)c1c(F)cccc1F)c1cccc(C#N)c1. The number of halogens is 2. The van der Waals surface area contributed by atoms with E-state index in [0.29, 0.717) is 11.3 Å². The van der Waals surface area contributed by atoms with Crippen molar-refractivity contribution < 1.29 is 13.6 Å². The first-order valence-electron chi connectivity index (χ1n) is 5.77. The molecule has 0 unspecified atom stereocenters. The van der Waals surface area contributed by atoms with E-state index in [9.17, 15) is 13.6 Å². The summed E-state index contributed by atoms with van der Waals surface area (Å²) in [6.45, 7) is 0. The molecule has 0 atom stereocenters. The molecular formula is C15H10F2N2O.